The molecule has 0 spiro atoms. The third-order valence-corrected chi connectivity index (χ3v) is 4.53. The fourth-order valence-corrected chi connectivity index (χ4v) is 2.69. The molecule has 1 heterocycles. The maximum Gasteiger partial charge on any atom is 0.180 e. The Morgan fingerprint density at radius 1 is 1.28 bits per heavy atom. The Kier molecular flexibility index (Phi) is 4.34. The molecule has 1 aromatic carbocycles. The number of hydrogen-bond acceptors (Lipinski definition) is 5. The average Bonchev–Trinajstić information content (AvgIpc) is 2.32. The molecule has 0 atom stereocenters. The number of sulfone groups is 1. The number of benzene rings is 1. The number of ether oxygens (including phenoxy) is 2. The second-order valence-electron chi connectivity index (χ2n) is 4.20. The van der Waals surface area contributed by atoms with Gasteiger partial charge in [-0.1, -0.05) is 12.1 Å². The highest BCUT2D eigenvalue weighted by Crippen LogP contribution is 2.13. The van der Waals surface area contributed by atoms with Crippen molar-refractivity contribution in [1.82, 2.24) is 0 Å². The summed E-state index contributed by atoms with van der Waals surface area (Å²) < 4.78 is 34.3. The average molecular weight is 271 g/mol. The van der Waals surface area contributed by atoms with E-state index in [-0.39, 0.29) is 18.5 Å². The minimum absolute atomic E-state index is 0.00846. The summed E-state index contributed by atoms with van der Waals surface area (Å²) in [7, 11) is -3.27. The van der Waals surface area contributed by atoms with E-state index in [2.05, 4.69) is 0 Å². The first kappa shape index (κ1) is 13.5. The molecule has 18 heavy (non-hydrogen) atoms. The monoisotopic (exact) mass is 271 g/mol. The number of rotatable bonds is 6. The number of hydrogen-bond donors (Lipinski definition) is 1. The third kappa shape index (κ3) is 3.29. The molecular weight excluding hydrogens is 254 g/mol. The summed E-state index contributed by atoms with van der Waals surface area (Å²) >= 11 is 0. The zero-order valence-electron chi connectivity index (χ0n) is 10.0. The summed E-state index contributed by atoms with van der Waals surface area (Å²) in [4.78, 5) is 0.313. The van der Waals surface area contributed by atoms with Gasteiger partial charge in [0.2, 0.25) is 0 Å². The molecule has 1 fully saturated rings. The predicted molar refractivity (Wildman–Crippen MR) is 66.9 cm³/mol. The third-order valence-electron chi connectivity index (χ3n) is 2.83. The molecule has 100 valence electrons. The summed E-state index contributed by atoms with van der Waals surface area (Å²) in [6.07, 6.45) is 0.0554. The Morgan fingerprint density at radius 3 is 2.44 bits per heavy atom. The Hall–Kier alpha value is -0.950. The zero-order chi connectivity index (χ0) is 13.0. The lowest BCUT2D eigenvalue weighted by Gasteiger charge is -2.25. The van der Waals surface area contributed by atoms with Crippen LogP contribution in [0, 0.1) is 0 Å². The summed E-state index contributed by atoms with van der Waals surface area (Å²) in [5.41, 5.74) is 6.38. The number of nitrogens with two attached hydrogens (primary N) is 1. The van der Waals surface area contributed by atoms with E-state index in [0.29, 0.717) is 24.7 Å². The van der Waals surface area contributed by atoms with Crippen LogP contribution in [0.2, 0.25) is 0 Å². The van der Waals surface area contributed by atoms with Gasteiger partial charge in [-0.3, -0.25) is 0 Å². The van der Waals surface area contributed by atoms with Crippen molar-refractivity contribution in [3.05, 3.63) is 29.8 Å². The fourth-order valence-electron chi connectivity index (χ4n) is 1.59. The second kappa shape index (κ2) is 5.79. The molecule has 1 aromatic rings. The van der Waals surface area contributed by atoms with Gasteiger partial charge in [0.15, 0.2) is 9.84 Å². The lowest BCUT2D eigenvalue weighted by atomic mass is 10.2. The molecule has 0 bridgehead atoms. The lowest BCUT2D eigenvalue weighted by molar-refractivity contribution is -0.126. The van der Waals surface area contributed by atoms with Crippen molar-refractivity contribution in [3.63, 3.8) is 0 Å². The van der Waals surface area contributed by atoms with Crippen molar-refractivity contribution in [2.45, 2.75) is 17.5 Å². The smallest absolute Gasteiger partial charge is 0.180 e. The maximum absolute atomic E-state index is 12.0. The minimum atomic E-state index is -3.27. The Bertz CT molecular complexity index is 479. The van der Waals surface area contributed by atoms with Gasteiger partial charge in [0.25, 0.3) is 0 Å². The van der Waals surface area contributed by atoms with Gasteiger partial charge in [-0.25, -0.2) is 8.42 Å². The van der Waals surface area contributed by atoms with E-state index in [0.717, 1.165) is 5.56 Å². The van der Waals surface area contributed by atoms with Crippen molar-refractivity contribution >= 4 is 9.84 Å². The molecule has 0 amide bonds. The van der Waals surface area contributed by atoms with Crippen LogP contribution in [0.25, 0.3) is 0 Å². The Labute approximate surface area is 107 Å². The highest BCUT2D eigenvalue weighted by molar-refractivity contribution is 7.91. The minimum Gasteiger partial charge on any atom is -0.376 e. The van der Waals surface area contributed by atoms with Crippen LogP contribution in [-0.2, 0) is 25.9 Å². The van der Waals surface area contributed by atoms with E-state index in [9.17, 15) is 8.42 Å². The second-order valence-corrected chi connectivity index (χ2v) is 6.31. The first-order valence-corrected chi connectivity index (χ1v) is 7.48. The van der Waals surface area contributed by atoms with Crippen LogP contribution in [0.3, 0.4) is 0 Å². The topological polar surface area (TPSA) is 78.6 Å². The highest BCUT2D eigenvalue weighted by atomic mass is 32.2. The molecule has 1 aliphatic heterocycles. The van der Waals surface area contributed by atoms with Crippen LogP contribution in [-0.4, -0.2) is 40.1 Å². The van der Waals surface area contributed by atoms with Gasteiger partial charge in [0.1, 0.15) is 6.10 Å². The highest BCUT2D eigenvalue weighted by Gasteiger charge is 2.20. The molecule has 0 saturated carbocycles. The molecule has 1 aliphatic rings. The van der Waals surface area contributed by atoms with Gasteiger partial charge < -0.3 is 15.2 Å². The van der Waals surface area contributed by atoms with Gasteiger partial charge in [0.05, 0.1) is 30.5 Å². The van der Waals surface area contributed by atoms with Crippen molar-refractivity contribution in [1.29, 1.82) is 0 Å². The predicted octanol–water partition coefficient (Wildman–Crippen LogP) is 0.334. The zero-order valence-corrected chi connectivity index (χ0v) is 10.9. The van der Waals surface area contributed by atoms with E-state index >= 15 is 0 Å². The van der Waals surface area contributed by atoms with Crippen LogP contribution in [0.1, 0.15) is 5.56 Å². The molecule has 6 heteroatoms. The Morgan fingerprint density at radius 2 is 1.94 bits per heavy atom. The van der Waals surface area contributed by atoms with Gasteiger partial charge in [-0.15, -0.1) is 0 Å². The van der Waals surface area contributed by atoms with Crippen LogP contribution >= 0.6 is 0 Å². The summed E-state index contributed by atoms with van der Waals surface area (Å²) in [6.45, 7) is 1.73. The molecule has 5 nitrogen and oxygen atoms in total. The standard InChI is InChI=1S/C12H17NO4S/c13-7-10-1-3-12(4-2-10)18(14,15)6-5-17-11-8-16-9-11/h1-4,11H,5-9,13H2. The molecule has 2 rings (SSSR count). The molecular formula is C12H17NO4S. The van der Waals surface area contributed by atoms with Gasteiger partial charge in [-0.05, 0) is 17.7 Å². The molecule has 0 radical (unpaired) electrons. The van der Waals surface area contributed by atoms with Crippen molar-refractivity contribution in [2.75, 3.05) is 25.6 Å². The molecule has 1 saturated heterocycles. The summed E-state index contributed by atoms with van der Waals surface area (Å²) in [6, 6.07) is 6.63. The van der Waals surface area contributed by atoms with Crippen molar-refractivity contribution < 1.29 is 17.9 Å². The Balaban J connectivity index is 1.91. The summed E-state index contributed by atoms with van der Waals surface area (Å²) in [5, 5.41) is 0. The lowest BCUT2D eigenvalue weighted by Crippen LogP contribution is -2.37. The van der Waals surface area contributed by atoms with Crippen LogP contribution in [0.5, 0.6) is 0 Å². The van der Waals surface area contributed by atoms with Gasteiger partial charge in [-0.2, -0.15) is 0 Å². The first-order valence-electron chi connectivity index (χ1n) is 5.83. The van der Waals surface area contributed by atoms with E-state index in [1.807, 2.05) is 0 Å². The normalized spacial score (nSPS) is 16.5. The van der Waals surface area contributed by atoms with E-state index in [1.165, 1.54) is 0 Å². The van der Waals surface area contributed by atoms with E-state index < -0.39 is 9.84 Å². The molecule has 0 unspecified atom stereocenters. The van der Waals surface area contributed by atoms with E-state index in [4.69, 9.17) is 15.2 Å². The largest absolute Gasteiger partial charge is 0.376 e. The van der Waals surface area contributed by atoms with Crippen molar-refractivity contribution in [2.24, 2.45) is 5.73 Å². The van der Waals surface area contributed by atoms with E-state index in [1.54, 1.807) is 24.3 Å². The van der Waals surface area contributed by atoms with Crippen LogP contribution in [0.15, 0.2) is 29.2 Å². The molecule has 0 aromatic heterocycles. The summed E-state index contributed by atoms with van der Waals surface area (Å²) in [5.74, 6) is -0.00846. The quantitative estimate of drug-likeness (QED) is 0.807. The van der Waals surface area contributed by atoms with Gasteiger partial charge in [0, 0.05) is 6.54 Å². The fraction of sp³-hybridized carbons (Fsp3) is 0.500. The van der Waals surface area contributed by atoms with Crippen LogP contribution in [0.4, 0.5) is 0 Å². The van der Waals surface area contributed by atoms with Crippen molar-refractivity contribution in [3.8, 4) is 0 Å². The first-order chi connectivity index (χ1) is 8.62. The maximum atomic E-state index is 12.0. The molecule has 2 N–H and O–H groups in total. The van der Waals surface area contributed by atoms with Crippen LogP contribution < -0.4 is 5.73 Å². The SMILES string of the molecule is NCc1ccc(S(=O)(=O)CCOC2COC2)cc1. The molecule has 0 aliphatic carbocycles. The van der Waals surface area contributed by atoms with Gasteiger partial charge >= 0.3 is 0 Å².